The Morgan fingerprint density at radius 3 is 1.93 bits per heavy atom. The Balaban J connectivity index is 1.50. The first-order valence-electron chi connectivity index (χ1n) is 13.9. The third-order valence-electron chi connectivity index (χ3n) is 5.98. The number of ether oxygens (including phenoxy) is 4. The molecule has 0 unspecified atom stereocenters. The first kappa shape index (κ1) is 32.3. The molecule has 0 saturated carbocycles. The lowest BCUT2D eigenvalue weighted by atomic mass is 10.0. The molecular formula is C36H36O7. The summed E-state index contributed by atoms with van der Waals surface area (Å²) in [4.78, 5) is 36.7. The van der Waals surface area contributed by atoms with E-state index >= 15 is 0 Å². The lowest BCUT2D eigenvalue weighted by Crippen LogP contribution is -2.07. The highest BCUT2D eigenvalue weighted by Crippen LogP contribution is 2.20. The third kappa shape index (κ3) is 11.0. The maximum atomic E-state index is 12.7. The van der Waals surface area contributed by atoms with E-state index in [2.05, 4.69) is 6.58 Å². The summed E-state index contributed by atoms with van der Waals surface area (Å²) in [6, 6.07) is 23.7. The minimum Gasteiger partial charge on any atom is -0.494 e. The zero-order chi connectivity index (χ0) is 31.0. The molecule has 7 heteroatoms. The molecule has 0 heterocycles. The molecule has 0 aliphatic heterocycles. The van der Waals surface area contributed by atoms with E-state index in [1.54, 1.807) is 81.5 Å². The van der Waals surface area contributed by atoms with E-state index in [0.29, 0.717) is 54.3 Å². The molecule has 0 spiro atoms. The molecule has 43 heavy (non-hydrogen) atoms. The molecule has 0 N–H and O–H groups in total. The lowest BCUT2D eigenvalue weighted by Gasteiger charge is -2.09. The highest BCUT2D eigenvalue weighted by atomic mass is 16.5. The summed E-state index contributed by atoms with van der Waals surface area (Å²) in [6.45, 7) is 9.34. The van der Waals surface area contributed by atoms with Crippen molar-refractivity contribution in [2.75, 3.05) is 13.2 Å². The molecule has 0 aliphatic carbocycles. The van der Waals surface area contributed by atoms with Crippen LogP contribution in [0.15, 0.2) is 127 Å². The van der Waals surface area contributed by atoms with Crippen LogP contribution in [0.1, 0.15) is 54.3 Å². The lowest BCUT2D eigenvalue weighted by molar-refractivity contribution is -0.139. The van der Waals surface area contributed by atoms with Crippen LogP contribution in [-0.2, 0) is 19.0 Å². The van der Waals surface area contributed by atoms with Crippen LogP contribution in [-0.4, -0.2) is 31.1 Å². The number of unbranched alkanes of at least 4 members (excludes halogenated alkanes) is 1. The second-order valence-corrected chi connectivity index (χ2v) is 9.56. The number of allylic oxidation sites excluding steroid dienone is 5. The average Bonchev–Trinajstić information content (AvgIpc) is 3.02. The molecule has 3 aromatic carbocycles. The number of rotatable bonds is 14. The first-order chi connectivity index (χ1) is 20.8. The highest BCUT2D eigenvalue weighted by Gasteiger charge is 2.11. The second kappa shape index (κ2) is 16.9. The Morgan fingerprint density at radius 1 is 0.721 bits per heavy atom. The Hall–Kier alpha value is -5.17. The Bertz CT molecular complexity index is 1480. The standard InChI is InChI=1S/C36H36O7/c1-5-11-33(21-14-27(4)42-35(38)30-17-15-29(16-18-30)28-12-7-6-8-13-28)43-36(39)31-19-22-32(23-20-31)40-24-9-10-25-41-34(37)26(2)3/h5-8,11-23H,2,9-10,24-25H2,1,3-4H3/b11-5-,27-14+,33-21+. The van der Waals surface area contributed by atoms with Gasteiger partial charge in [-0.1, -0.05) is 55.1 Å². The summed E-state index contributed by atoms with van der Waals surface area (Å²) in [7, 11) is 0. The molecule has 0 saturated heterocycles. The molecule has 0 aromatic heterocycles. The van der Waals surface area contributed by atoms with Gasteiger partial charge in [-0.15, -0.1) is 0 Å². The van der Waals surface area contributed by atoms with Gasteiger partial charge in [0.15, 0.2) is 0 Å². The third-order valence-corrected chi connectivity index (χ3v) is 5.98. The molecule has 3 rings (SSSR count). The van der Waals surface area contributed by atoms with Crippen LogP contribution in [0.25, 0.3) is 11.1 Å². The van der Waals surface area contributed by atoms with Crippen LogP contribution in [0.3, 0.4) is 0 Å². The van der Waals surface area contributed by atoms with Gasteiger partial charge < -0.3 is 18.9 Å². The molecule has 0 fully saturated rings. The summed E-state index contributed by atoms with van der Waals surface area (Å²) in [5, 5.41) is 0. The van der Waals surface area contributed by atoms with Crippen molar-refractivity contribution >= 4 is 17.9 Å². The Labute approximate surface area is 252 Å². The predicted octanol–water partition coefficient (Wildman–Crippen LogP) is 8.01. The van der Waals surface area contributed by atoms with Gasteiger partial charge in [0, 0.05) is 5.57 Å². The molecule has 0 atom stereocenters. The number of hydrogen-bond donors (Lipinski definition) is 0. The van der Waals surface area contributed by atoms with Crippen molar-refractivity contribution in [3.63, 3.8) is 0 Å². The van der Waals surface area contributed by atoms with Crippen LogP contribution in [0.4, 0.5) is 0 Å². The summed E-state index contributed by atoms with van der Waals surface area (Å²) < 4.78 is 21.7. The van der Waals surface area contributed by atoms with E-state index in [-0.39, 0.29) is 5.76 Å². The summed E-state index contributed by atoms with van der Waals surface area (Å²) in [5.74, 6) is -0.202. The number of benzene rings is 3. The van der Waals surface area contributed by atoms with Crippen LogP contribution in [0.2, 0.25) is 0 Å². The van der Waals surface area contributed by atoms with Crippen molar-refractivity contribution in [3.8, 4) is 16.9 Å². The van der Waals surface area contributed by atoms with Crippen molar-refractivity contribution in [1.82, 2.24) is 0 Å². The molecule has 222 valence electrons. The molecule has 0 bridgehead atoms. The second-order valence-electron chi connectivity index (χ2n) is 9.56. The zero-order valence-electron chi connectivity index (χ0n) is 24.7. The van der Waals surface area contributed by atoms with Gasteiger partial charge in [-0.3, -0.25) is 0 Å². The Morgan fingerprint density at radius 2 is 1.30 bits per heavy atom. The van der Waals surface area contributed by atoms with E-state index in [0.717, 1.165) is 11.1 Å². The molecule has 7 nitrogen and oxygen atoms in total. The van der Waals surface area contributed by atoms with E-state index in [1.807, 2.05) is 42.5 Å². The monoisotopic (exact) mass is 580 g/mol. The van der Waals surface area contributed by atoms with Crippen molar-refractivity contribution in [3.05, 3.63) is 138 Å². The van der Waals surface area contributed by atoms with E-state index in [1.165, 1.54) is 0 Å². The van der Waals surface area contributed by atoms with Gasteiger partial charge in [-0.2, -0.15) is 0 Å². The predicted molar refractivity (Wildman–Crippen MR) is 166 cm³/mol. The number of carbonyl (C=O) groups excluding carboxylic acids is 3. The number of hydrogen-bond acceptors (Lipinski definition) is 7. The van der Waals surface area contributed by atoms with Crippen molar-refractivity contribution < 1.29 is 33.3 Å². The molecule has 3 aromatic rings. The van der Waals surface area contributed by atoms with Gasteiger partial charge in [0.25, 0.3) is 0 Å². The summed E-state index contributed by atoms with van der Waals surface area (Å²) in [5.41, 5.74) is 3.21. The molecular weight excluding hydrogens is 544 g/mol. The van der Waals surface area contributed by atoms with E-state index in [9.17, 15) is 14.4 Å². The molecule has 0 radical (unpaired) electrons. The quantitative estimate of drug-likeness (QED) is 0.0477. The highest BCUT2D eigenvalue weighted by molar-refractivity contribution is 5.91. The maximum Gasteiger partial charge on any atom is 0.343 e. The maximum absolute atomic E-state index is 12.7. The van der Waals surface area contributed by atoms with E-state index in [4.69, 9.17) is 18.9 Å². The van der Waals surface area contributed by atoms with Gasteiger partial charge in [0.2, 0.25) is 0 Å². The zero-order valence-corrected chi connectivity index (χ0v) is 24.7. The minimum absolute atomic E-state index is 0.280. The SMILES string of the molecule is C=C(C)C(=O)OCCCCOc1ccc(C(=O)OC(/C=C\C)=C/C=C(\C)OC(=O)c2ccc(-c3ccccc3)cc2)cc1. The first-order valence-corrected chi connectivity index (χ1v) is 13.9. The van der Waals surface area contributed by atoms with Crippen molar-refractivity contribution in [2.24, 2.45) is 0 Å². The van der Waals surface area contributed by atoms with Crippen LogP contribution >= 0.6 is 0 Å². The van der Waals surface area contributed by atoms with Gasteiger partial charge in [0.05, 0.1) is 24.3 Å². The minimum atomic E-state index is -0.545. The largest absolute Gasteiger partial charge is 0.494 e. The summed E-state index contributed by atoms with van der Waals surface area (Å²) in [6.07, 6.45) is 7.86. The van der Waals surface area contributed by atoms with E-state index < -0.39 is 17.9 Å². The molecule has 0 amide bonds. The Kier molecular flexibility index (Phi) is 12.7. The molecule has 0 aliphatic rings. The fourth-order valence-electron chi connectivity index (χ4n) is 3.69. The normalized spacial score (nSPS) is 11.6. The number of carbonyl (C=O) groups is 3. The number of esters is 3. The van der Waals surface area contributed by atoms with Crippen molar-refractivity contribution in [2.45, 2.75) is 33.6 Å². The van der Waals surface area contributed by atoms with Gasteiger partial charge in [-0.05, 0) is 99.4 Å². The smallest absolute Gasteiger partial charge is 0.343 e. The average molecular weight is 581 g/mol. The van der Waals surface area contributed by atoms with Crippen molar-refractivity contribution in [1.29, 1.82) is 0 Å². The van der Waals surface area contributed by atoms with Crippen LogP contribution < -0.4 is 4.74 Å². The van der Waals surface area contributed by atoms with Crippen LogP contribution in [0, 0.1) is 0 Å². The van der Waals surface area contributed by atoms with Gasteiger partial charge in [-0.25, -0.2) is 14.4 Å². The topological polar surface area (TPSA) is 88.1 Å². The van der Waals surface area contributed by atoms with Crippen LogP contribution in [0.5, 0.6) is 5.75 Å². The van der Waals surface area contributed by atoms with Gasteiger partial charge >= 0.3 is 17.9 Å². The fourth-order valence-corrected chi connectivity index (χ4v) is 3.69. The van der Waals surface area contributed by atoms with Gasteiger partial charge in [0.1, 0.15) is 17.3 Å². The fraction of sp³-hybridized carbons (Fsp3) is 0.194. The summed E-state index contributed by atoms with van der Waals surface area (Å²) >= 11 is 0.